The number of fused-ring (bicyclic) bond motifs is 1. The summed E-state index contributed by atoms with van der Waals surface area (Å²) in [6, 6.07) is 7.73. The molecule has 2 aromatic carbocycles. The van der Waals surface area contributed by atoms with Gasteiger partial charge in [0, 0.05) is 6.07 Å². The van der Waals surface area contributed by atoms with E-state index in [9.17, 15) is 14.7 Å². The predicted molar refractivity (Wildman–Crippen MR) is 113 cm³/mol. The Morgan fingerprint density at radius 1 is 0.967 bits per heavy atom. The summed E-state index contributed by atoms with van der Waals surface area (Å²) >= 11 is 0. The molecule has 1 aliphatic carbocycles. The summed E-state index contributed by atoms with van der Waals surface area (Å²) < 4.78 is 11.0. The van der Waals surface area contributed by atoms with Crippen molar-refractivity contribution in [3.8, 4) is 17.2 Å². The van der Waals surface area contributed by atoms with Crippen LogP contribution in [-0.2, 0) is 10.8 Å². The molecule has 0 amide bonds. The van der Waals surface area contributed by atoms with Gasteiger partial charge in [0.15, 0.2) is 6.61 Å². The number of ether oxygens (including phenoxy) is 2. The van der Waals surface area contributed by atoms with Crippen molar-refractivity contribution in [2.24, 2.45) is 0 Å². The van der Waals surface area contributed by atoms with Crippen molar-refractivity contribution in [2.45, 2.75) is 51.4 Å². The number of carbonyl (C=O) groups excluding carboxylic acids is 1. The van der Waals surface area contributed by atoms with E-state index in [1.54, 1.807) is 7.11 Å². The Kier molecular flexibility index (Phi) is 5.54. The van der Waals surface area contributed by atoms with Gasteiger partial charge in [0.25, 0.3) is 0 Å². The highest BCUT2D eigenvalue weighted by Gasteiger charge is 2.38. The lowest BCUT2D eigenvalue weighted by atomic mass is 9.63. The van der Waals surface area contributed by atoms with Gasteiger partial charge in [-0.15, -0.1) is 0 Å². The van der Waals surface area contributed by atoms with Crippen LogP contribution in [-0.4, -0.2) is 35.7 Å². The lowest BCUT2D eigenvalue weighted by Gasteiger charge is -2.42. The average molecular weight is 412 g/mol. The molecule has 6 heteroatoms. The zero-order valence-electron chi connectivity index (χ0n) is 18.0. The topological polar surface area (TPSA) is 93.1 Å². The fourth-order valence-electron chi connectivity index (χ4n) is 3.99. The third-order valence-electron chi connectivity index (χ3n) is 6.04. The summed E-state index contributed by atoms with van der Waals surface area (Å²) in [5, 5.41) is 18.8. The molecule has 0 fully saturated rings. The first-order valence-electron chi connectivity index (χ1n) is 9.91. The molecule has 0 saturated heterocycles. The van der Waals surface area contributed by atoms with Gasteiger partial charge in [0.1, 0.15) is 22.8 Å². The maximum atomic E-state index is 13.0. The van der Waals surface area contributed by atoms with Crippen molar-refractivity contribution < 1.29 is 29.3 Å². The van der Waals surface area contributed by atoms with Crippen LogP contribution in [0.1, 0.15) is 72.4 Å². The molecule has 0 atom stereocenters. The van der Waals surface area contributed by atoms with Gasteiger partial charge in [0.05, 0.1) is 12.7 Å². The molecule has 3 rings (SSSR count). The van der Waals surface area contributed by atoms with Crippen LogP contribution in [0.3, 0.4) is 0 Å². The fourth-order valence-corrected chi connectivity index (χ4v) is 3.99. The molecule has 6 nitrogen and oxygen atoms in total. The number of phenols is 1. The molecule has 0 bridgehead atoms. The maximum absolute atomic E-state index is 13.0. The molecule has 0 spiro atoms. The second-order valence-corrected chi connectivity index (χ2v) is 9.06. The van der Waals surface area contributed by atoms with Gasteiger partial charge < -0.3 is 19.7 Å². The van der Waals surface area contributed by atoms with Gasteiger partial charge in [-0.1, -0.05) is 27.7 Å². The molecule has 0 heterocycles. The number of hydrogen-bond acceptors (Lipinski definition) is 5. The van der Waals surface area contributed by atoms with Crippen molar-refractivity contribution in [1.82, 2.24) is 0 Å². The summed E-state index contributed by atoms with van der Waals surface area (Å²) in [6.45, 7) is 8.53. The molecule has 0 radical (unpaired) electrons. The van der Waals surface area contributed by atoms with Crippen LogP contribution < -0.4 is 9.47 Å². The van der Waals surface area contributed by atoms with E-state index in [2.05, 4.69) is 27.7 Å². The number of rotatable bonds is 6. The highest BCUT2D eigenvalue weighted by Crippen LogP contribution is 2.47. The zero-order chi connectivity index (χ0) is 22.3. The molecule has 160 valence electrons. The van der Waals surface area contributed by atoms with E-state index in [1.807, 2.05) is 12.1 Å². The Hall–Kier alpha value is -3.02. The predicted octanol–water partition coefficient (Wildman–Crippen LogP) is 4.71. The number of ketones is 1. The molecular weight excluding hydrogens is 384 g/mol. The van der Waals surface area contributed by atoms with Crippen LogP contribution in [0.25, 0.3) is 0 Å². The van der Waals surface area contributed by atoms with Crippen molar-refractivity contribution >= 4 is 11.8 Å². The largest absolute Gasteiger partial charge is 0.507 e. The number of aromatic carboxylic acids is 1. The number of hydrogen-bond donors (Lipinski definition) is 2. The summed E-state index contributed by atoms with van der Waals surface area (Å²) in [6.07, 6.45) is 2.08. The number of carbonyl (C=O) groups is 2. The van der Waals surface area contributed by atoms with Crippen LogP contribution in [0.2, 0.25) is 0 Å². The quantitative estimate of drug-likeness (QED) is 0.668. The van der Waals surface area contributed by atoms with E-state index in [0.717, 1.165) is 18.4 Å². The fraction of sp³-hybridized carbons (Fsp3) is 0.417. The third-order valence-corrected chi connectivity index (χ3v) is 6.04. The second-order valence-electron chi connectivity index (χ2n) is 9.06. The minimum atomic E-state index is -1.24. The standard InChI is InChI=1S/C24H28O6/c1-23(2)8-9-24(3,4)18-12-21(29-5)16(11-17(18)23)20(26)13-30-14-6-7-15(22(27)28)19(25)10-14/h6-7,10-12,25H,8-9,13H2,1-5H3,(H,27,28). The van der Waals surface area contributed by atoms with Gasteiger partial charge in [0.2, 0.25) is 5.78 Å². The molecule has 1 aliphatic rings. The minimum absolute atomic E-state index is 0.000372. The van der Waals surface area contributed by atoms with Gasteiger partial charge in [-0.05, 0) is 59.1 Å². The van der Waals surface area contributed by atoms with Gasteiger partial charge in [-0.25, -0.2) is 4.79 Å². The molecule has 0 unspecified atom stereocenters. The van der Waals surface area contributed by atoms with E-state index in [4.69, 9.17) is 14.6 Å². The van der Waals surface area contributed by atoms with Crippen molar-refractivity contribution in [3.63, 3.8) is 0 Å². The van der Waals surface area contributed by atoms with Crippen LogP contribution in [0.4, 0.5) is 0 Å². The number of carboxylic acid groups (broad SMARTS) is 1. The lowest BCUT2D eigenvalue weighted by molar-refractivity contribution is 0.0693. The second kappa shape index (κ2) is 7.67. The Labute approximate surface area is 176 Å². The Morgan fingerprint density at radius 2 is 1.57 bits per heavy atom. The van der Waals surface area contributed by atoms with E-state index in [1.165, 1.54) is 23.8 Å². The number of Topliss-reactive ketones (excluding diaryl/α,β-unsaturated/α-hetero) is 1. The van der Waals surface area contributed by atoms with Crippen LogP contribution in [0, 0.1) is 0 Å². The molecule has 0 aliphatic heterocycles. The summed E-state index contributed by atoms with van der Waals surface area (Å²) in [7, 11) is 1.54. The van der Waals surface area contributed by atoms with Crippen molar-refractivity contribution in [1.29, 1.82) is 0 Å². The van der Waals surface area contributed by atoms with Gasteiger partial charge in [-0.3, -0.25) is 4.79 Å². The smallest absolute Gasteiger partial charge is 0.339 e. The van der Waals surface area contributed by atoms with Crippen molar-refractivity contribution in [3.05, 3.63) is 52.6 Å². The third kappa shape index (κ3) is 3.99. The molecule has 2 aromatic rings. The van der Waals surface area contributed by atoms with Crippen LogP contribution >= 0.6 is 0 Å². The molecule has 0 saturated carbocycles. The molecular formula is C24H28O6. The number of methoxy groups -OCH3 is 1. The SMILES string of the molecule is COc1cc2c(cc1C(=O)COc1ccc(C(=O)O)c(O)c1)C(C)(C)CCC2(C)C. The first-order chi connectivity index (χ1) is 14.0. The Bertz CT molecular complexity index is 1000. The van der Waals surface area contributed by atoms with Gasteiger partial charge in [-0.2, -0.15) is 0 Å². The average Bonchev–Trinajstić information content (AvgIpc) is 2.68. The number of aromatic hydroxyl groups is 1. The van der Waals surface area contributed by atoms with Crippen molar-refractivity contribution in [2.75, 3.05) is 13.7 Å². The maximum Gasteiger partial charge on any atom is 0.339 e. The van der Waals surface area contributed by atoms with Crippen LogP contribution in [0.5, 0.6) is 17.2 Å². The summed E-state index contributed by atoms with van der Waals surface area (Å²) in [5.74, 6) is -1.18. The van der Waals surface area contributed by atoms with E-state index in [0.29, 0.717) is 11.3 Å². The highest BCUT2D eigenvalue weighted by atomic mass is 16.5. The molecule has 0 aromatic heterocycles. The number of carboxylic acids is 1. The Balaban J connectivity index is 1.89. The Morgan fingerprint density at radius 3 is 2.10 bits per heavy atom. The molecule has 30 heavy (non-hydrogen) atoms. The first kappa shape index (κ1) is 21.7. The van der Waals surface area contributed by atoms with E-state index in [-0.39, 0.29) is 34.5 Å². The van der Waals surface area contributed by atoms with Gasteiger partial charge >= 0.3 is 5.97 Å². The van der Waals surface area contributed by atoms with E-state index >= 15 is 0 Å². The summed E-state index contributed by atoms with van der Waals surface area (Å²) in [5.41, 5.74) is 2.52. The highest BCUT2D eigenvalue weighted by molar-refractivity contribution is 6.00. The van der Waals surface area contributed by atoms with Crippen LogP contribution in [0.15, 0.2) is 30.3 Å². The summed E-state index contributed by atoms with van der Waals surface area (Å²) in [4.78, 5) is 24.0. The molecule has 2 N–H and O–H groups in total. The zero-order valence-corrected chi connectivity index (χ0v) is 18.0. The minimum Gasteiger partial charge on any atom is -0.507 e. The monoisotopic (exact) mass is 412 g/mol. The first-order valence-corrected chi connectivity index (χ1v) is 9.91. The number of benzene rings is 2. The van der Waals surface area contributed by atoms with E-state index < -0.39 is 11.7 Å². The normalized spacial score (nSPS) is 16.4. The lowest BCUT2D eigenvalue weighted by Crippen LogP contribution is -2.34.